The molecule has 12 nitrogen and oxygen atoms in total. The molecule has 15 heteroatoms. The van der Waals surface area contributed by atoms with Crippen LogP contribution in [0, 0.1) is 24.4 Å². The molecule has 4 amide bonds. The predicted octanol–water partition coefficient (Wildman–Crippen LogP) is 6.46. The summed E-state index contributed by atoms with van der Waals surface area (Å²) in [6, 6.07) is 9.67. The first-order valence-corrected chi connectivity index (χ1v) is 19.9. The van der Waals surface area contributed by atoms with Crippen LogP contribution in [0.2, 0.25) is 0 Å². The van der Waals surface area contributed by atoms with Gasteiger partial charge in [-0.15, -0.1) is 0 Å². The number of hydrogen-bond donors (Lipinski definition) is 2. The quantitative estimate of drug-likeness (QED) is 0.163. The fourth-order valence-electron chi connectivity index (χ4n) is 8.63. The molecule has 3 aromatic heterocycles. The van der Waals surface area contributed by atoms with Crippen LogP contribution in [0.3, 0.4) is 0 Å². The number of pyridine rings is 1. The minimum Gasteiger partial charge on any atom is -0.369 e. The summed E-state index contributed by atoms with van der Waals surface area (Å²) in [5.41, 5.74) is 3.34. The Morgan fingerprint density at radius 1 is 0.983 bits per heavy atom. The SMILES string of the molecule is Cc1c(C2CCN(c3ccc(C4CCC(=O)NC4=O)cc3F)CC2)cnc(-c2cc(C3=CCCN(C(=O)CCn4cccn4)C3)c(F)c3[nH]c(C(=O)N(C)C)cc23)c1F. The number of rotatable bonds is 9. The van der Waals surface area contributed by atoms with E-state index >= 15 is 13.2 Å². The maximum absolute atomic E-state index is 16.8. The Kier molecular flexibility index (Phi) is 10.9. The molecule has 2 fully saturated rings. The van der Waals surface area contributed by atoms with E-state index in [0.29, 0.717) is 85.2 Å². The van der Waals surface area contributed by atoms with Crippen molar-refractivity contribution in [3.05, 3.63) is 106 Å². The van der Waals surface area contributed by atoms with Crippen molar-refractivity contribution in [3.8, 4) is 11.3 Å². The highest BCUT2D eigenvalue weighted by atomic mass is 19.1. The molecule has 0 aliphatic carbocycles. The molecular weight excluding hydrogens is 762 g/mol. The number of nitrogens with zero attached hydrogens (tertiary/aromatic N) is 6. The van der Waals surface area contributed by atoms with Gasteiger partial charge in [-0.2, -0.15) is 5.10 Å². The van der Waals surface area contributed by atoms with E-state index in [-0.39, 0.29) is 65.5 Å². The number of piperidine rings is 2. The summed E-state index contributed by atoms with van der Waals surface area (Å²) in [5.74, 6) is -3.47. The van der Waals surface area contributed by atoms with Crippen molar-refractivity contribution >= 4 is 45.8 Å². The molecule has 3 aliphatic heterocycles. The Morgan fingerprint density at radius 2 is 1.78 bits per heavy atom. The summed E-state index contributed by atoms with van der Waals surface area (Å²) in [6.07, 6.45) is 9.48. The number of halogens is 3. The Bertz CT molecular complexity index is 2500. The number of aryl methyl sites for hydroxylation is 1. The Morgan fingerprint density at radius 3 is 2.49 bits per heavy atom. The number of imide groups is 1. The monoisotopic (exact) mass is 806 g/mol. The molecule has 2 N–H and O–H groups in total. The smallest absolute Gasteiger partial charge is 0.269 e. The largest absolute Gasteiger partial charge is 0.369 e. The molecule has 2 aromatic carbocycles. The molecule has 1 unspecified atom stereocenters. The van der Waals surface area contributed by atoms with Gasteiger partial charge in [0.1, 0.15) is 17.2 Å². The van der Waals surface area contributed by atoms with Crippen LogP contribution in [0.15, 0.2) is 61.1 Å². The number of nitrogens with one attached hydrogen (secondary N) is 2. The average molecular weight is 807 g/mol. The number of carbonyl (C=O) groups excluding carboxylic acids is 4. The van der Waals surface area contributed by atoms with Gasteiger partial charge in [-0.3, -0.25) is 34.2 Å². The Hall–Kier alpha value is -6.25. The highest BCUT2D eigenvalue weighted by Crippen LogP contribution is 2.40. The van der Waals surface area contributed by atoms with E-state index in [4.69, 9.17) is 0 Å². The molecule has 1 atom stereocenters. The van der Waals surface area contributed by atoms with Crippen molar-refractivity contribution in [3.63, 3.8) is 0 Å². The maximum Gasteiger partial charge on any atom is 0.269 e. The van der Waals surface area contributed by atoms with Crippen LogP contribution in [0.1, 0.15) is 83.1 Å². The first-order chi connectivity index (χ1) is 28.4. The third kappa shape index (κ3) is 7.73. The van der Waals surface area contributed by atoms with E-state index in [9.17, 15) is 19.2 Å². The number of benzene rings is 2. The van der Waals surface area contributed by atoms with Gasteiger partial charge >= 0.3 is 0 Å². The zero-order chi connectivity index (χ0) is 41.5. The van der Waals surface area contributed by atoms with E-state index in [1.807, 2.05) is 11.0 Å². The molecule has 2 saturated heterocycles. The number of hydrogen-bond acceptors (Lipinski definition) is 7. The molecule has 8 rings (SSSR count). The normalized spacial score (nSPS) is 17.7. The third-order valence-electron chi connectivity index (χ3n) is 11.9. The van der Waals surface area contributed by atoms with Gasteiger partial charge in [0, 0.05) is 94.8 Å². The van der Waals surface area contributed by atoms with E-state index in [1.165, 1.54) is 17.0 Å². The number of fused-ring (bicyclic) bond motifs is 1. The van der Waals surface area contributed by atoms with Gasteiger partial charge in [-0.05, 0) is 91.1 Å². The average Bonchev–Trinajstić information content (AvgIpc) is 3.93. The number of carbonyl (C=O) groups is 4. The summed E-state index contributed by atoms with van der Waals surface area (Å²) in [7, 11) is 3.18. The highest BCUT2D eigenvalue weighted by Gasteiger charge is 2.31. The zero-order valence-corrected chi connectivity index (χ0v) is 33.2. The van der Waals surface area contributed by atoms with Gasteiger partial charge in [-0.25, -0.2) is 13.2 Å². The zero-order valence-electron chi connectivity index (χ0n) is 33.2. The second kappa shape index (κ2) is 16.2. The summed E-state index contributed by atoms with van der Waals surface area (Å²) in [6.45, 7) is 3.76. The van der Waals surface area contributed by atoms with E-state index < -0.39 is 29.3 Å². The molecule has 3 aliphatic rings. The van der Waals surface area contributed by atoms with Gasteiger partial charge in [0.15, 0.2) is 11.6 Å². The topological polar surface area (TPSA) is 137 Å². The molecule has 6 heterocycles. The third-order valence-corrected chi connectivity index (χ3v) is 11.9. The van der Waals surface area contributed by atoms with Crippen molar-refractivity contribution in [2.45, 2.75) is 63.8 Å². The van der Waals surface area contributed by atoms with Gasteiger partial charge in [0.25, 0.3) is 5.91 Å². The standard InChI is InChI=1S/C44H45F3N8O4/c1-25-33(26-11-17-53(18-12-26)36-9-7-27(20-34(36)45)29-8-10-37(56)51-43(29)58)23-48-41(39(25)46)31-21-30(40(47)42-32(31)22-35(50-42)44(59)52(2)3)28-6-4-15-54(24-28)38(57)13-19-55-16-5-14-49-55/h5-7,9,14,16,20-23,26,29,50H,4,8,10-13,15,17-19,24H2,1-3H3,(H,51,56,58). The lowest BCUT2D eigenvalue weighted by Crippen LogP contribution is -2.39. The van der Waals surface area contributed by atoms with Gasteiger partial charge in [0.05, 0.1) is 17.1 Å². The van der Waals surface area contributed by atoms with Crippen LogP contribution in [0.4, 0.5) is 18.9 Å². The van der Waals surface area contributed by atoms with E-state index in [0.717, 1.165) is 5.56 Å². The number of amides is 4. The lowest BCUT2D eigenvalue weighted by Gasteiger charge is -2.34. The summed E-state index contributed by atoms with van der Waals surface area (Å²) < 4.78 is 50.5. The minimum absolute atomic E-state index is 0.0135. The summed E-state index contributed by atoms with van der Waals surface area (Å²) in [5, 5.41) is 6.80. The number of anilines is 1. The number of aromatic nitrogens is 4. The molecule has 0 saturated carbocycles. The fraction of sp³-hybridized carbons (Fsp3) is 0.364. The fourth-order valence-corrected chi connectivity index (χ4v) is 8.63. The highest BCUT2D eigenvalue weighted by molar-refractivity contribution is 6.04. The Balaban J connectivity index is 1.05. The molecule has 0 spiro atoms. The van der Waals surface area contributed by atoms with Crippen LogP contribution < -0.4 is 10.2 Å². The van der Waals surface area contributed by atoms with Crippen LogP contribution in [0.25, 0.3) is 27.7 Å². The summed E-state index contributed by atoms with van der Waals surface area (Å²) in [4.78, 5) is 62.9. The maximum atomic E-state index is 16.8. The van der Waals surface area contributed by atoms with Crippen molar-refractivity contribution in [1.29, 1.82) is 0 Å². The molecule has 59 heavy (non-hydrogen) atoms. The van der Waals surface area contributed by atoms with E-state index in [1.54, 1.807) is 73.5 Å². The molecule has 0 bridgehead atoms. The molecule has 0 radical (unpaired) electrons. The van der Waals surface area contributed by atoms with Crippen molar-refractivity contribution < 1.29 is 32.3 Å². The van der Waals surface area contributed by atoms with Crippen molar-refractivity contribution in [2.75, 3.05) is 45.2 Å². The minimum atomic E-state index is -0.610. The first-order valence-electron chi connectivity index (χ1n) is 19.9. The summed E-state index contributed by atoms with van der Waals surface area (Å²) >= 11 is 0. The predicted molar refractivity (Wildman–Crippen MR) is 216 cm³/mol. The van der Waals surface area contributed by atoms with Crippen molar-refractivity contribution in [2.24, 2.45) is 0 Å². The molecular formula is C44H45F3N8O4. The van der Waals surface area contributed by atoms with Gasteiger partial charge < -0.3 is 19.7 Å². The lowest BCUT2D eigenvalue weighted by molar-refractivity contribution is -0.134. The molecule has 5 aromatic rings. The van der Waals surface area contributed by atoms with Gasteiger partial charge in [-0.1, -0.05) is 12.1 Å². The van der Waals surface area contributed by atoms with E-state index in [2.05, 4.69) is 20.4 Å². The van der Waals surface area contributed by atoms with Crippen LogP contribution in [-0.2, 0) is 20.9 Å². The van der Waals surface area contributed by atoms with Crippen LogP contribution in [-0.4, -0.2) is 93.5 Å². The van der Waals surface area contributed by atoms with Crippen LogP contribution >= 0.6 is 0 Å². The van der Waals surface area contributed by atoms with Gasteiger partial charge in [0.2, 0.25) is 17.7 Å². The number of H-pyrrole nitrogens is 1. The second-order valence-electron chi connectivity index (χ2n) is 15.8. The first kappa shape index (κ1) is 39.6. The lowest BCUT2D eigenvalue weighted by atomic mass is 9.86. The molecule has 306 valence electrons. The second-order valence-corrected chi connectivity index (χ2v) is 15.8. The van der Waals surface area contributed by atoms with Crippen LogP contribution in [0.5, 0.6) is 0 Å². The van der Waals surface area contributed by atoms with Crippen molar-refractivity contribution in [1.82, 2.24) is 34.9 Å². The Labute approximate surface area is 339 Å². The number of aromatic amines is 1.